The third-order valence-corrected chi connectivity index (χ3v) is 7.39. The van der Waals surface area contributed by atoms with E-state index in [4.69, 9.17) is 5.73 Å². The Bertz CT molecular complexity index is 1210. The van der Waals surface area contributed by atoms with Gasteiger partial charge in [-0.15, -0.1) is 0 Å². The van der Waals surface area contributed by atoms with Crippen LogP contribution in [0.1, 0.15) is 39.6 Å². The number of ketones is 5. The Labute approximate surface area is 192 Å². The van der Waals surface area contributed by atoms with Crippen LogP contribution in [0.15, 0.2) is 6.07 Å². The van der Waals surface area contributed by atoms with Gasteiger partial charge in [0.15, 0.2) is 52.0 Å². The Morgan fingerprint density at radius 1 is 1.18 bits per heavy atom. The van der Waals surface area contributed by atoms with E-state index in [0.717, 1.165) is 13.0 Å². The van der Waals surface area contributed by atoms with Gasteiger partial charge >= 0.3 is 0 Å². The van der Waals surface area contributed by atoms with Gasteiger partial charge in [-0.25, -0.2) is 4.39 Å². The number of rotatable bonds is 3. The highest BCUT2D eigenvalue weighted by Gasteiger charge is 2.69. The van der Waals surface area contributed by atoms with Gasteiger partial charge in [0, 0.05) is 11.5 Å². The summed E-state index contributed by atoms with van der Waals surface area (Å²) < 4.78 is 14.3. The lowest BCUT2D eigenvalue weighted by Gasteiger charge is -2.52. The molecule has 11 heteroatoms. The molecule has 0 saturated heterocycles. The molecule has 2 saturated carbocycles. The number of phenols is 1. The zero-order valence-electron chi connectivity index (χ0n) is 18.6. The van der Waals surface area contributed by atoms with E-state index in [1.165, 1.54) is 19.0 Å². The molecule has 3 aliphatic carbocycles. The van der Waals surface area contributed by atoms with Crippen molar-refractivity contribution in [2.45, 2.75) is 31.4 Å². The van der Waals surface area contributed by atoms with E-state index in [9.17, 15) is 43.4 Å². The number of benzene rings is 1. The maximum Gasteiger partial charge on any atom is 0.235 e. The predicted molar refractivity (Wildman–Crippen MR) is 111 cm³/mol. The first-order valence-corrected chi connectivity index (χ1v) is 10.6. The lowest BCUT2D eigenvalue weighted by Crippen LogP contribution is -2.74. The molecule has 34 heavy (non-hydrogen) atoms. The van der Waals surface area contributed by atoms with Crippen LogP contribution in [0, 0.1) is 29.5 Å². The molecule has 4 N–H and O–H groups in total. The maximum atomic E-state index is 14.3. The summed E-state index contributed by atoms with van der Waals surface area (Å²) in [5, 5.41) is 21.7. The summed E-state index contributed by atoms with van der Waals surface area (Å²) in [7, 11) is 2.95. The zero-order chi connectivity index (χ0) is 25.4. The van der Waals surface area contributed by atoms with E-state index in [1.54, 1.807) is 0 Å². The molecule has 0 aromatic heterocycles. The first kappa shape index (κ1) is 23.8. The van der Waals surface area contributed by atoms with Crippen molar-refractivity contribution in [3.05, 3.63) is 28.6 Å². The standard InChI is InChI=1S/C23H23FN2O8/c1-7(27)9-6-12(24)17(28)14-10(9)4-8-5-11-16(26(2)3)19(30)15(22(25)33)21(32)23(11,34)20(31)13(8)18(14)29/h6,8,11,13,15-16,28,34H,4-5H2,1-3H3,(H2,25,33)/t8-,11-,13?,15?,16-,23-/m0/s1. The van der Waals surface area contributed by atoms with E-state index < -0.39 is 87.3 Å². The molecule has 2 unspecified atom stereocenters. The van der Waals surface area contributed by atoms with E-state index >= 15 is 0 Å². The highest BCUT2D eigenvalue weighted by atomic mass is 19.1. The lowest BCUT2D eigenvalue weighted by molar-refractivity contribution is -0.181. The molecule has 180 valence electrons. The van der Waals surface area contributed by atoms with Crippen LogP contribution in [0.4, 0.5) is 4.39 Å². The number of halogens is 1. The SMILES string of the molecule is CC(=O)c1cc(F)c(O)c2c1C[C@H]1C[C@H]3[C@H](N(C)C)C(=O)C(C(N)=O)C(=O)[C@@]3(O)C(=O)C1C2=O. The Hall–Kier alpha value is -3.31. The minimum atomic E-state index is -2.86. The van der Waals surface area contributed by atoms with Crippen LogP contribution in [0.2, 0.25) is 0 Å². The lowest BCUT2D eigenvalue weighted by atomic mass is 9.52. The average molecular weight is 474 g/mol. The van der Waals surface area contributed by atoms with Gasteiger partial charge in [0.25, 0.3) is 0 Å². The van der Waals surface area contributed by atoms with Crippen molar-refractivity contribution in [2.75, 3.05) is 14.1 Å². The first-order valence-electron chi connectivity index (χ1n) is 10.6. The molecule has 10 nitrogen and oxygen atoms in total. The minimum Gasteiger partial charge on any atom is -0.504 e. The van der Waals surface area contributed by atoms with Gasteiger partial charge in [0.1, 0.15) is 0 Å². The van der Waals surface area contributed by atoms with Gasteiger partial charge in [-0.2, -0.15) is 0 Å². The van der Waals surface area contributed by atoms with Gasteiger partial charge in [-0.3, -0.25) is 33.7 Å². The van der Waals surface area contributed by atoms with Crippen molar-refractivity contribution in [1.29, 1.82) is 0 Å². The number of nitrogens with zero attached hydrogens (tertiary/aromatic N) is 1. The van der Waals surface area contributed by atoms with E-state index in [2.05, 4.69) is 0 Å². The molecule has 6 atom stereocenters. The van der Waals surface area contributed by atoms with Crippen molar-refractivity contribution in [3.8, 4) is 5.75 Å². The quantitative estimate of drug-likeness (QED) is 0.375. The molecule has 1 aromatic rings. The Morgan fingerprint density at radius 2 is 1.79 bits per heavy atom. The number of carbonyl (C=O) groups excluding carboxylic acids is 6. The molecule has 1 aromatic carbocycles. The van der Waals surface area contributed by atoms with Crippen LogP contribution >= 0.6 is 0 Å². The molecule has 4 rings (SSSR count). The van der Waals surface area contributed by atoms with E-state index in [1.807, 2.05) is 0 Å². The van der Waals surface area contributed by atoms with Gasteiger partial charge in [0.2, 0.25) is 5.91 Å². The van der Waals surface area contributed by atoms with E-state index in [-0.39, 0.29) is 24.0 Å². The molecule has 1 amide bonds. The fraction of sp³-hybridized carbons (Fsp3) is 0.478. The number of hydrogen-bond acceptors (Lipinski definition) is 9. The van der Waals surface area contributed by atoms with Crippen LogP contribution in [-0.4, -0.2) is 75.7 Å². The number of primary amides is 1. The Morgan fingerprint density at radius 3 is 2.32 bits per heavy atom. The number of carbonyl (C=O) groups is 6. The molecule has 2 fully saturated rings. The van der Waals surface area contributed by atoms with E-state index in [0.29, 0.717) is 0 Å². The fourth-order valence-corrected chi connectivity index (χ4v) is 5.95. The zero-order valence-corrected chi connectivity index (χ0v) is 18.6. The van der Waals surface area contributed by atoms with Crippen LogP contribution < -0.4 is 5.73 Å². The van der Waals surface area contributed by atoms with Crippen LogP contribution in [0.5, 0.6) is 5.75 Å². The summed E-state index contributed by atoms with van der Waals surface area (Å²) in [4.78, 5) is 78.5. The molecule has 0 radical (unpaired) electrons. The average Bonchev–Trinajstić information content (AvgIpc) is 2.72. The Kier molecular flexibility index (Phi) is 5.33. The maximum absolute atomic E-state index is 14.3. The first-order chi connectivity index (χ1) is 15.7. The Balaban J connectivity index is 1.92. The second-order valence-electron chi connectivity index (χ2n) is 9.45. The number of fused-ring (bicyclic) bond motifs is 3. The second kappa shape index (κ2) is 7.60. The predicted octanol–water partition coefficient (Wildman–Crippen LogP) is -0.791. The highest BCUT2D eigenvalue weighted by molar-refractivity contribution is 6.32. The molecule has 3 aliphatic rings. The van der Waals surface area contributed by atoms with Crippen molar-refractivity contribution >= 4 is 34.8 Å². The van der Waals surface area contributed by atoms with Crippen molar-refractivity contribution in [3.63, 3.8) is 0 Å². The molecular weight excluding hydrogens is 451 g/mol. The van der Waals surface area contributed by atoms with Crippen LogP contribution in [0.25, 0.3) is 0 Å². The summed E-state index contributed by atoms with van der Waals surface area (Å²) in [6.07, 6.45) is -0.256. The molecular formula is C23H23FN2O8. The monoisotopic (exact) mass is 474 g/mol. The van der Waals surface area contributed by atoms with Crippen LogP contribution in [-0.2, 0) is 25.6 Å². The van der Waals surface area contributed by atoms with Gasteiger partial charge in [-0.1, -0.05) is 0 Å². The van der Waals surface area contributed by atoms with Crippen LogP contribution in [0.3, 0.4) is 0 Å². The number of aromatic hydroxyl groups is 1. The summed E-state index contributed by atoms with van der Waals surface area (Å²) in [6, 6.07) is -0.408. The molecule has 0 heterocycles. The molecule has 0 bridgehead atoms. The number of amides is 1. The highest BCUT2D eigenvalue weighted by Crippen LogP contribution is 2.51. The smallest absolute Gasteiger partial charge is 0.235 e. The molecule has 0 aliphatic heterocycles. The third kappa shape index (κ3) is 2.93. The summed E-state index contributed by atoms with van der Waals surface area (Å²) >= 11 is 0. The summed E-state index contributed by atoms with van der Waals surface area (Å²) in [6.45, 7) is 1.16. The molecule has 0 spiro atoms. The third-order valence-electron chi connectivity index (χ3n) is 7.39. The number of nitrogens with two attached hydrogens (primary N) is 1. The van der Waals surface area contributed by atoms with Gasteiger partial charge in [-0.05, 0) is 51.4 Å². The normalized spacial score (nSPS) is 32.8. The summed E-state index contributed by atoms with van der Waals surface area (Å²) in [5.41, 5.74) is 1.79. The van der Waals surface area contributed by atoms with Crippen molar-refractivity contribution in [2.24, 2.45) is 29.4 Å². The number of Topliss-reactive ketones (excluding diaryl/α,β-unsaturated/α-hetero) is 5. The number of aliphatic hydroxyl groups is 1. The minimum absolute atomic E-state index is 0.0702. The largest absolute Gasteiger partial charge is 0.504 e. The second-order valence-corrected chi connectivity index (χ2v) is 9.45. The number of likely N-dealkylation sites (N-methyl/N-ethyl adjacent to an activating group) is 1. The number of hydrogen-bond donors (Lipinski definition) is 3. The topological polar surface area (TPSA) is 172 Å². The summed E-state index contributed by atoms with van der Waals surface area (Å²) in [5.74, 6) is -14.5. The number of phenolic OH excluding ortho intramolecular Hbond substituents is 1. The fourth-order valence-electron chi connectivity index (χ4n) is 5.95. The van der Waals surface area contributed by atoms with Crippen molar-refractivity contribution < 1.29 is 43.4 Å². The van der Waals surface area contributed by atoms with Gasteiger partial charge in [0.05, 0.1) is 17.5 Å². The van der Waals surface area contributed by atoms with Crippen molar-refractivity contribution in [1.82, 2.24) is 4.90 Å². The van der Waals surface area contributed by atoms with Gasteiger partial charge < -0.3 is 15.9 Å².